The Balaban J connectivity index is 1.73. The van der Waals surface area contributed by atoms with Gasteiger partial charge in [-0.15, -0.1) is 0 Å². The topological polar surface area (TPSA) is 20.2 Å². The molecule has 4 aliphatic carbocycles. The summed E-state index contributed by atoms with van der Waals surface area (Å²) in [5.41, 5.74) is 2.74. The number of allylic oxidation sites excluding steroid dienone is 6. The van der Waals surface area contributed by atoms with Gasteiger partial charge in [0.1, 0.15) is 0 Å². The van der Waals surface area contributed by atoms with Crippen LogP contribution in [0.15, 0.2) is 34.9 Å². The minimum absolute atomic E-state index is 0.0795. The van der Waals surface area contributed by atoms with Crippen molar-refractivity contribution in [3.63, 3.8) is 0 Å². The highest BCUT2D eigenvalue weighted by atomic mass is 19.1. The minimum atomic E-state index is 0.0795. The van der Waals surface area contributed by atoms with Crippen LogP contribution in [0.3, 0.4) is 0 Å². The first-order valence-electron chi connectivity index (χ1n) is 9.74. The lowest BCUT2D eigenvalue weighted by Gasteiger charge is -2.56. The van der Waals surface area contributed by atoms with E-state index in [1.54, 1.807) is 6.92 Å². The summed E-state index contributed by atoms with van der Waals surface area (Å²) < 4.78 is 14.1. The van der Waals surface area contributed by atoms with Crippen LogP contribution in [0, 0.1) is 34.5 Å². The minimum Gasteiger partial charge on any atom is -0.512 e. The van der Waals surface area contributed by atoms with Gasteiger partial charge in [0.15, 0.2) is 0 Å². The van der Waals surface area contributed by atoms with E-state index in [0.717, 1.165) is 37.7 Å². The lowest BCUT2D eigenvalue weighted by Crippen LogP contribution is -2.49. The van der Waals surface area contributed by atoms with E-state index in [9.17, 15) is 9.50 Å². The molecule has 0 aliphatic heterocycles. The summed E-state index contributed by atoms with van der Waals surface area (Å²) >= 11 is 0. The Bertz CT molecular complexity index is 653. The number of hydrogen-bond acceptors (Lipinski definition) is 1. The smallest absolute Gasteiger partial charge is 0.0966 e. The van der Waals surface area contributed by atoms with Crippen molar-refractivity contribution in [3.8, 4) is 0 Å². The van der Waals surface area contributed by atoms with Gasteiger partial charge in [-0.1, -0.05) is 26.8 Å². The molecule has 4 rings (SSSR count). The largest absolute Gasteiger partial charge is 0.512 e. The SMILES string of the molecule is CC(F)=C1CCC2C3CC=C4C=C(O)[C@H](C)CC4(C)C3CCC12C. The Kier molecular flexibility index (Phi) is 3.57. The summed E-state index contributed by atoms with van der Waals surface area (Å²) in [6.45, 7) is 8.55. The molecule has 2 heteroatoms. The Hall–Kier alpha value is -1.05. The first-order valence-corrected chi connectivity index (χ1v) is 9.74. The second kappa shape index (κ2) is 5.22. The third-order valence-electron chi connectivity index (χ3n) is 8.26. The number of rotatable bonds is 0. The van der Waals surface area contributed by atoms with Crippen molar-refractivity contribution in [2.45, 2.75) is 66.2 Å². The van der Waals surface area contributed by atoms with Crippen LogP contribution in [0.1, 0.15) is 66.2 Å². The molecule has 24 heavy (non-hydrogen) atoms. The normalized spacial score (nSPS) is 49.5. The molecule has 4 aliphatic rings. The van der Waals surface area contributed by atoms with E-state index in [4.69, 9.17) is 0 Å². The zero-order valence-electron chi connectivity index (χ0n) is 15.5. The van der Waals surface area contributed by atoms with E-state index in [2.05, 4.69) is 26.8 Å². The molecule has 1 N–H and O–H groups in total. The average molecular weight is 330 g/mol. The number of hydrogen-bond donors (Lipinski definition) is 1. The quantitative estimate of drug-likeness (QED) is 0.538. The van der Waals surface area contributed by atoms with E-state index < -0.39 is 0 Å². The molecule has 0 aromatic rings. The van der Waals surface area contributed by atoms with Crippen LogP contribution in [-0.4, -0.2) is 5.11 Å². The maximum Gasteiger partial charge on any atom is 0.0966 e. The summed E-state index contributed by atoms with van der Waals surface area (Å²) in [5.74, 6) is 2.87. The molecule has 0 radical (unpaired) electrons. The van der Waals surface area contributed by atoms with Crippen molar-refractivity contribution >= 4 is 0 Å². The first-order chi connectivity index (χ1) is 11.3. The second-order valence-electron chi connectivity index (χ2n) is 9.37. The molecule has 0 aromatic heterocycles. The van der Waals surface area contributed by atoms with Crippen molar-refractivity contribution in [3.05, 3.63) is 34.9 Å². The third-order valence-corrected chi connectivity index (χ3v) is 8.26. The molecule has 0 aromatic carbocycles. The molecular weight excluding hydrogens is 299 g/mol. The Morgan fingerprint density at radius 1 is 1.21 bits per heavy atom. The second-order valence-corrected chi connectivity index (χ2v) is 9.37. The fourth-order valence-corrected chi connectivity index (χ4v) is 7.03. The molecule has 1 nitrogen and oxygen atoms in total. The van der Waals surface area contributed by atoms with Crippen LogP contribution < -0.4 is 0 Å². The molecule has 5 unspecified atom stereocenters. The average Bonchev–Trinajstić information content (AvgIpc) is 2.86. The van der Waals surface area contributed by atoms with E-state index in [1.165, 1.54) is 12.0 Å². The Morgan fingerprint density at radius 2 is 1.92 bits per heavy atom. The Morgan fingerprint density at radius 3 is 2.62 bits per heavy atom. The number of fused-ring (bicyclic) bond motifs is 5. The third kappa shape index (κ3) is 2.04. The number of halogens is 1. The zero-order valence-corrected chi connectivity index (χ0v) is 15.5. The van der Waals surface area contributed by atoms with E-state index in [1.807, 2.05) is 6.08 Å². The fraction of sp³-hybridized carbons (Fsp3) is 0.727. The van der Waals surface area contributed by atoms with Crippen LogP contribution in [0.4, 0.5) is 4.39 Å². The van der Waals surface area contributed by atoms with Crippen molar-refractivity contribution < 1.29 is 9.50 Å². The maximum absolute atomic E-state index is 14.1. The van der Waals surface area contributed by atoms with E-state index in [0.29, 0.717) is 23.5 Å². The molecule has 6 atom stereocenters. The summed E-state index contributed by atoms with van der Waals surface area (Å²) in [7, 11) is 0. The lowest BCUT2D eigenvalue weighted by molar-refractivity contribution is -0.0138. The van der Waals surface area contributed by atoms with Gasteiger partial charge in [-0.25, -0.2) is 4.39 Å². The predicted molar refractivity (Wildman–Crippen MR) is 96.2 cm³/mol. The summed E-state index contributed by atoms with van der Waals surface area (Å²) in [4.78, 5) is 0. The van der Waals surface area contributed by atoms with Gasteiger partial charge in [0, 0.05) is 5.92 Å². The van der Waals surface area contributed by atoms with Gasteiger partial charge in [-0.3, -0.25) is 0 Å². The van der Waals surface area contributed by atoms with Gasteiger partial charge in [0.25, 0.3) is 0 Å². The van der Waals surface area contributed by atoms with Gasteiger partial charge >= 0.3 is 0 Å². The molecule has 0 spiro atoms. The van der Waals surface area contributed by atoms with Crippen LogP contribution in [0.2, 0.25) is 0 Å². The first kappa shape index (κ1) is 16.4. The molecule has 0 amide bonds. The summed E-state index contributed by atoms with van der Waals surface area (Å²) in [6, 6.07) is 0. The molecule has 132 valence electrons. The van der Waals surface area contributed by atoms with Gasteiger partial charge in [0.2, 0.25) is 0 Å². The summed E-state index contributed by atoms with van der Waals surface area (Å²) in [5, 5.41) is 10.2. The van der Waals surface area contributed by atoms with Crippen LogP contribution in [0.5, 0.6) is 0 Å². The predicted octanol–water partition coefficient (Wildman–Crippen LogP) is 6.49. The van der Waals surface area contributed by atoms with Gasteiger partial charge < -0.3 is 5.11 Å². The van der Waals surface area contributed by atoms with Crippen molar-refractivity contribution in [1.29, 1.82) is 0 Å². The molecule has 2 saturated carbocycles. The van der Waals surface area contributed by atoms with Crippen LogP contribution in [0.25, 0.3) is 0 Å². The lowest BCUT2D eigenvalue weighted by atomic mass is 9.48. The highest BCUT2D eigenvalue weighted by molar-refractivity contribution is 5.37. The van der Waals surface area contributed by atoms with Crippen molar-refractivity contribution in [2.24, 2.45) is 34.5 Å². The molecule has 0 saturated heterocycles. The number of aliphatic hydroxyl groups excluding tert-OH is 1. The van der Waals surface area contributed by atoms with Crippen LogP contribution in [-0.2, 0) is 0 Å². The van der Waals surface area contributed by atoms with E-state index in [-0.39, 0.29) is 22.6 Å². The molecule has 0 heterocycles. The molecule has 2 fully saturated rings. The standard InChI is InChI=1S/C22H31FO/c1-13-12-22(4)15(11-20(13)24)5-6-16-18-8-7-17(14(2)23)21(18,3)10-9-19(16)22/h5,11,13,16,18-19,24H,6-10,12H2,1-4H3/t13-,16?,18?,19?,21?,22?/m1/s1. The number of aliphatic hydroxyl groups is 1. The molecule has 0 bridgehead atoms. The highest BCUT2D eigenvalue weighted by Crippen LogP contribution is 2.66. The molecular formula is C22H31FO. The van der Waals surface area contributed by atoms with Gasteiger partial charge in [-0.05, 0) is 91.3 Å². The maximum atomic E-state index is 14.1. The Labute approximate surface area is 145 Å². The monoisotopic (exact) mass is 330 g/mol. The van der Waals surface area contributed by atoms with Gasteiger partial charge in [0.05, 0.1) is 11.6 Å². The zero-order chi connectivity index (χ0) is 17.3. The fourth-order valence-electron chi connectivity index (χ4n) is 7.03. The van der Waals surface area contributed by atoms with Crippen molar-refractivity contribution in [2.75, 3.05) is 0 Å². The van der Waals surface area contributed by atoms with Gasteiger partial charge in [-0.2, -0.15) is 0 Å². The van der Waals surface area contributed by atoms with Crippen molar-refractivity contribution in [1.82, 2.24) is 0 Å². The van der Waals surface area contributed by atoms with Crippen LogP contribution >= 0.6 is 0 Å². The highest BCUT2D eigenvalue weighted by Gasteiger charge is 2.57. The summed E-state index contributed by atoms with van der Waals surface area (Å²) in [6.07, 6.45) is 11.0. The van der Waals surface area contributed by atoms with E-state index >= 15 is 0 Å².